The predicted molar refractivity (Wildman–Crippen MR) is 131 cm³/mol. The molecule has 1 amide bonds. The van der Waals surface area contributed by atoms with Crippen LogP contribution in [0.25, 0.3) is 0 Å². The second kappa shape index (κ2) is 9.63. The van der Waals surface area contributed by atoms with Crippen LogP contribution in [0.4, 0.5) is 5.69 Å². The lowest BCUT2D eigenvalue weighted by Crippen LogP contribution is -2.51. The number of para-hydroxylation sites is 1. The smallest absolute Gasteiger partial charge is 0.263 e. The van der Waals surface area contributed by atoms with Gasteiger partial charge in [0.1, 0.15) is 18.1 Å². The van der Waals surface area contributed by atoms with Gasteiger partial charge in [0.15, 0.2) is 6.10 Å². The van der Waals surface area contributed by atoms with Crippen LogP contribution in [-0.4, -0.2) is 46.4 Å². The quantitative estimate of drug-likeness (QED) is 0.617. The molecule has 8 heteroatoms. The number of hydrogen-bond donors (Lipinski definition) is 1. The normalized spacial score (nSPS) is 16.2. The average Bonchev–Trinajstić information content (AvgIpc) is 2.74. The Balaban J connectivity index is 1.67. The van der Waals surface area contributed by atoms with E-state index in [0.29, 0.717) is 24.0 Å². The highest BCUT2D eigenvalue weighted by Crippen LogP contribution is 2.38. The second-order valence-corrected chi connectivity index (χ2v) is 11.6. The minimum Gasteiger partial charge on any atom is -0.491 e. The van der Waals surface area contributed by atoms with Gasteiger partial charge in [-0.3, -0.25) is 9.10 Å². The first-order valence-electron chi connectivity index (χ1n) is 11.2. The molecule has 1 heterocycles. The summed E-state index contributed by atoms with van der Waals surface area (Å²) < 4.78 is 38.0. The zero-order valence-corrected chi connectivity index (χ0v) is 21.0. The first-order valence-corrected chi connectivity index (χ1v) is 13.0. The van der Waals surface area contributed by atoms with Crippen LogP contribution in [0.3, 0.4) is 0 Å². The van der Waals surface area contributed by atoms with E-state index in [9.17, 15) is 13.2 Å². The van der Waals surface area contributed by atoms with Gasteiger partial charge in [0, 0.05) is 0 Å². The summed E-state index contributed by atoms with van der Waals surface area (Å²) in [6.45, 7) is 10.9. The molecule has 0 spiro atoms. The van der Waals surface area contributed by atoms with Crippen molar-refractivity contribution in [1.82, 2.24) is 5.32 Å². The molecule has 180 valence electrons. The van der Waals surface area contributed by atoms with E-state index in [2.05, 4.69) is 39.9 Å². The van der Waals surface area contributed by atoms with Crippen LogP contribution in [0, 0.1) is 0 Å². The van der Waals surface area contributed by atoms with E-state index < -0.39 is 16.1 Å². The Bertz CT molecular complexity index is 1110. The van der Waals surface area contributed by atoms with E-state index in [4.69, 9.17) is 9.47 Å². The molecular weight excluding hydrogens is 440 g/mol. The molecule has 33 heavy (non-hydrogen) atoms. The van der Waals surface area contributed by atoms with Gasteiger partial charge in [0.05, 0.1) is 25.0 Å². The number of anilines is 1. The highest BCUT2D eigenvalue weighted by atomic mass is 32.2. The SMILES string of the molecule is CC(C)c1ccccc1OCCNC(=O)C1CN(S(C)(=O)=O)c2cc(C(C)(C)C)ccc2O1. The van der Waals surface area contributed by atoms with Crippen molar-refractivity contribution in [2.75, 3.05) is 30.3 Å². The minimum atomic E-state index is -3.59. The van der Waals surface area contributed by atoms with E-state index in [0.717, 1.165) is 23.1 Å². The third kappa shape index (κ3) is 5.99. The number of nitrogens with zero attached hydrogens (tertiary/aromatic N) is 1. The standard InChI is InChI=1S/C25H34N2O5S/c1-17(2)19-9-7-8-10-21(19)31-14-13-26-24(28)23-16-27(33(6,29)30)20-15-18(25(3,4)5)11-12-22(20)32-23/h7-12,15,17,23H,13-14,16H2,1-6H3,(H,26,28). The molecular formula is C25H34N2O5S. The number of amides is 1. The summed E-state index contributed by atoms with van der Waals surface area (Å²) in [5.74, 6) is 1.12. The molecule has 0 bridgehead atoms. The summed E-state index contributed by atoms with van der Waals surface area (Å²) in [6, 6.07) is 13.3. The molecule has 2 aromatic carbocycles. The second-order valence-electron chi connectivity index (χ2n) is 9.67. The fraction of sp³-hybridized carbons (Fsp3) is 0.480. The molecule has 7 nitrogen and oxygen atoms in total. The number of carbonyl (C=O) groups is 1. The van der Waals surface area contributed by atoms with Crippen molar-refractivity contribution in [3.05, 3.63) is 53.6 Å². The fourth-order valence-electron chi connectivity index (χ4n) is 3.71. The van der Waals surface area contributed by atoms with Gasteiger partial charge in [-0.1, -0.05) is 58.9 Å². The van der Waals surface area contributed by atoms with E-state index in [1.54, 1.807) is 6.07 Å². The largest absolute Gasteiger partial charge is 0.491 e. The average molecular weight is 475 g/mol. The molecule has 0 fully saturated rings. The molecule has 3 rings (SSSR count). The van der Waals surface area contributed by atoms with E-state index in [1.165, 1.54) is 4.31 Å². The summed E-state index contributed by atoms with van der Waals surface area (Å²) in [5.41, 5.74) is 2.40. The Morgan fingerprint density at radius 2 is 1.91 bits per heavy atom. The number of sulfonamides is 1. The van der Waals surface area contributed by atoms with Gasteiger partial charge in [-0.2, -0.15) is 0 Å². The van der Waals surface area contributed by atoms with Gasteiger partial charge >= 0.3 is 0 Å². The first-order chi connectivity index (χ1) is 15.4. The zero-order valence-electron chi connectivity index (χ0n) is 20.2. The molecule has 0 radical (unpaired) electrons. The molecule has 1 aliphatic rings. The molecule has 0 saturated carbocycles. The number of hydrogen-bond acceptors (Lipinski definition) is 5. The highest BCUT2D eigenvalue weighted by molar-refractivity contribution is 7.92. The lowest BCUT2D eigenvalue weighted by molar-refractivity contribution is -0.127. The van der Waals surface area contributed by atoms with Crippen LogP contribution < -0.4 is 19.1 Å². The summed E-state index contributed by atoms with van der Waals surface area (Å²) in [4.78, 5) is 12.8. The monoisotopic (exact) mass is 474 g/mol. The van der Waals surface area contributed by atoms with Crippen molar-refractivity contribution >= 4 is 21.6 Å². The number of benzene rings is 2. The molecule has 1 atom stereocenters. The van der Waals surface area contributed by atoms with Crippen molar-refractivity contribution in [1.29, 1.82) is 0 Å². The van der Waals surface area contributed by atoms with Gasteiger partial charge in [0.25, 0.3) is 5.91 Å². The summed E-state index contributed by atoms with van der Waals surface area (Å²) in [5, 5.41) is 2.80. The molecule has 1 aliphatic heterocycles. The van der Waals surface area contributed by atoms with Crippen LogP contribution in [-0.2, 0) is 20.2 Å². The molecule has 0 aromatic heterocycles. The van der Waals surface area contributed by atoms with Crippen molar-refractivity contribution < 1.29 is 22.7 Å². The Morgan fingerprint density at radius 3 is 2.55 bits per heavy atom. The van der Waals surface area contributed by atoms with Crippen LogP contribution in [0.5, 0.6) is 11.5 Å². The number of ether oxygens (including phenoxy) is 2. The van der Waals surface area contributed by atoms with E-state index in [-0.39, 0.29) is 24.4 Å². The number of fused-ring (bicyclic) bond motifs is 1. The predicted octanol–water partition coefficient (Wildman–Crippen LogP) is 3.83. The van der Waals surface area contributed by atoms with Crippen molar-refractivity contribution in [2.24, 2.45) is 0 Å². The lowest BCUT2D eigenvalue weighted by Gasteiger charge is -2.35. The summed E-state index contributed by atoms with van der Waals surface area (Å²) in [7, 11) is -3.59. The van der Waals surface area contributed by atoms with Gasteiger partial charge in [0.2, 0.25) is 10.0 Å². The fourth-order valence-corrected chi connectivity index (χ4v) is 4.61. The molecule has 0 aliphatic carbocycles. The molecule has 1 unspecified atom stereocenters. The summed E-state index contributed by atoms with van der Waals surface area (Å²) >= 11 is 0. The Kier molecular flexibility index (Phi) is 7.26. The maximum absolute atomic E-state index is 12.8. The third-order valence-corrected chi connectivity index (χ3v) is 6.73. The Hall–Kier alpha value is -2.74. The zero-order chi connectivity index (χ0) is 24.4. The van der Waals surface area contributed by atoms with E-state index >= 15 is 0 Å². The maximum Gasteiger partial charge on any atom is 0.263 e. The lowest BCUT2D eigenvalue weighted by atomic mass is 9.86. The van der Waals surface area contributed by atoms with Gasteiger partial charge in [-0.15, -0.1) is 0 Å². The van der Waals surface area contributed by atoms with Crippen LogP contribution in [0.1, 0.15) is 51.7 Å². The van der Waals surface area contributed by atoms with Gasteiger partial charge in [-0.25, -0.2) is 8.42 Å². The molecule has 1 N–H and O–H groups in total. The van der Waals surface area contributed by atoms with Gasteiger partial charge in [-0.05, 0) is 40.7 Å². The summed E-state index contributed by atoms with van der Waals surface area (Å²) in [6.07, 6.45) is 0.191. The Labute approximate surface area is 197 Å². The van der Waals surface area contributed by atoms with E-state index in [1.807, 2.05) is 36.4 Å². The maximum atomic E-state index is 12.8. The van der Waals surface area contributed by atoms with Crippen molar-refractivity contribution in [2.45, 2.75) is 52.1 Å². The van der Waals surface area contributed by atoms with Crippen LogP contribution in [0.15, 0.2) is 42.5 Å². The van der Waals surface area contributed by atoms with Crippen molar-refractivity contribution in [3.8, 4) is 11.5 Å². The number of nitrogens with one attached hydrogen (secondary N) is 1. The molecule has 0 saturated heterocycles. The number of carbonyl (C=O) groups excluding carboxylic acids is 1. The van der Waals surface area contributed by atoms with Gasteiger partial charge < -0.3 is 14.8 Å². The highest BCUT2D eigenvalue weighted by Gasteiger charge is 2.35. The molecule has 2 aromatic rings. The van der Waals surface area contributed by atoms with Crippen LogP contribution in [0.2, 0.25) is 0 Å². The topological polar surface area (TPSA) is 84.9 Å². The van der Waals surface area contributed by atoms with Crippen LogP contribution >= 0.6 is 0 Å². The minimum absolute atomic E-state index is 0.0810. The Morgan fingerprint density at radius 1 is 1.21 bits per heavy atom. The third-order valence-electron chi connectivity index (χ3n) is 5.59. The first kappa shape index (κ1) is 24.9. The van der Waals surface area contributed by atoms with Crippen molar-refractivity contribution in [3.63, 3.8) is 0 Å². The number of rotatable bonds is 7.